The van der Waals surface area contributed by atoms with E-state index in [4.69, 9.17) is 5.26 Å². The van der Waals surface area contributed by atoms with Crippen LogP contribution in [0.15, 0.2) is 65.8 Å². The summed E-state index contributed by atoms with van der Waals surface area (Å²) in [7, 11) is 0. The number of nitrogens with one attached hydrogen (secondary N) is 1. The number of carbonyl (C=O) groups is 3. The van der Waals surface area contributed by atoms with E-state index >= 15 is 0 Å². The summed E-state index contributed by atoms with van der Waals surface area (Å²) < 4.78 is 0. The number of para-hydroxylation sites is 1. The van der Waals surface area contributed by atoms with Crippen molar-refractivity contribution in [2.45, 2.75) is 6.04 Å². The first-order valence-electron chi connectivity index (χ1n) is 9.20. The number of hydrazone groups is 1. The van der Waals surface area contributed by atoms with Gasteiger partial charge in [0.15, 0.2) is 0 Å². The molecule has 1 N–H and O–H groups in total. The Balaban J connectivity index is 1.47. The Kier molecular flexibility index (Phi) is 3.89. The number of hydrogen-bond donors (Lipinski definition) is 1. The summed E-state index contributed by atoms with van der Waals surface area (Å²) >= 11 is 0. The van der Waals surface area contributed by atoms with Crippen LogP contribution in [0, 0.1) is 17.2 Å². The second kappa shape index (κ2) is 6.60. The van der Waals surface area contributed by atoms with Crippen LogP contribution < -0.4 is 10.3 Å². The number of nitrogens with zero attached hydrogens (tertiary/aromatic N) is 4. The number of amides is 2. The van der Waals surface area contributed by atoms with Gasteiger partial charge in [-0.15, -0.1) is 0 Å². The molecule has 0 spiro atoms. The highest BCUT2D eigenvalue weighted by Crippen LogP contribution is 2.31. The standard InChI is InChI=1S/C22H13N5O3/c23-11-12-5-8-14(9-6-12)27-21(29)17-18(25-26-19(17)22(27)30)20(28)16-10-7-13-3-1-2-4-15(13)24-16/h1-10,17,19,26H/t17-,19+/m1/s1. The Morgan fingerprint density at radius 3 is 2.53 bits per heavy atom. The van der Waals surface area contributed by atoms with Crippen molar-refractivity contribution in [1.82, 2.24) is 10.4 Å². The van der Waals surface area contributed by atoms with Crippen LogP contribution in [0.3, 0.4) is 0 Å². The Morgan fingerprint density at radius 2 is 1.77 bits per heavy atom. The van der Waals surface area contributed by atoms with Crippen LogP contribution in [0.5, 0.6) is 0 Å². The smallest absolute Gasteiger partial charge is 0.259 e. The van der Waals surface area contributed by atoms with E-state index in [-0.39, 0.29) is 11.4 Å². The molecule has 2 aromatic carbocycles. The third-order valence-corrected chi connectivity index (χ3v) is 5.24. The lowest BCUT2D eigenvalue weighted by Gasteiger charge is -2.15. The molecule has 2 amide bonds. The molecular weight excluding hydrogens is 382 g/mol. The number of Topliss-reactive ketones (excluding diaryl/α,β-unsaturated/α-hetero) is 1. The van der Waals surface area contributed by atoms with Gasteiger partial charge in [-0.3, -0.25) is 19.8 Å². The van der Waals surface area contributed by atoms with Gasteiger partial charge in [0, 0.05) is 5.39 Å². The molecule has 0 aliphatic carbocycles. The molecule has 8 nitrogen and oxygen atoms in total. The monoisotopic (exact) mass is 395 g/mol. The highest BCUT2D eigenvalue weighted by Gasteiger charge is 2.55. The van der Waals surface area contributed by atoms with Gasteiger partial charge in [0.2, 0.25) is 11.7 Å². The maximum absolute atomic E-state index is 13.1. The van der Waals surface area contributed by atoms with E-state index in [0.717, 1.165) is 10.3 Å². The van der Waals surface area contributed by atoms with E-state index in [0.29, 0.717) is 16.8 Å². The van der Waals surface area contributed by atoms with Crippen molar-refractivity contribution in [3.8, 4) is 6.07 Å². The zero-order valence-electron chi connectivity index (χ0n) is 15.4. The van der Waals surface area contributed by atoms with E-state index in [1.807, 2.05) is 24.3 Å². The molecule has 2 aliphatic rings. The molecule has 2 aliphatic heterocycles. The first-order valence-corrected chi connectivity index (χ1v) is 9.20. The van der Waals surface area contributed by atoms with E-state index in [1.165, 1.54) is 24.3 Å². The summed E-state index contributed by atoms with van der Waals surface area (Å²) in [6.45, 7) is 0. The number of imide groups is 1. The third-order valence-electron chi connectivity index (χ3n) is 5.24. The quantitative estimate of drug-likeness (QED) is 0.534. The van der Waals surface area contributed by atoms with E-state index in [9.17, 15) is 14.4 Å². The van der Waals surface area contributed by atoms with Gasteiger partial charge in [-0.2, -0.15) is 10.4 Å². The van der Waals surface area contributed by atoms with Gasteiger partial charge in [0.1, 0.15) is 23.4 Å². The van der Waals surface area contributed by atoms with Crippen LogP contribution >= 0.6 is 0 Å². The second-order valence-electron chi connectivity index (χ2n) is 6.97. The lowest BCUT2D eigenvalue weighted by atomic mass is 9.94. The van der Waals surface area contributed by atoms with E-state index in [2.05, 4.69) is 15.5 Å². The maximum Gasteiger partial charge on any atom is 0.259 e. The minimum Gasteiger partial charge on any atom is -0.296 e. The number of pyridine rings is 1. The second-order valence-corrected chi connectivity index (χ2v) is 6.97. The average Bonchev–Trinajstić information content (AvgIpc) is 3.33. The van der Waals surface area contributed by atoms with E-state index in [1.54, 1.807) is 18.2 Å². The highest BCUT2D eigenvalue weighted by molar-refractivity contribution is 6.52. The van der Waals surface area contributed by atoms with Gasteiger partial charge in [-0.25, -0.2) is 9.88 Å². The van der Waals surface area contributed by atoms with Gasteiger partial charge >= 0.3 is 0 Å². The average molecular weight is 395 g/mol. The van der Waals surface area contributed by atoms with Gasteiger partial charge in [0.25, 0.3) is 5.91 Å². The number of anilines is 1. The lowest BCUT2D eigenvalue weighted by molar-refractivity contribution is -0.122. The first kappa shape index (κ1) is 17.7. The predicted molar refractivity (Wildman–Crippen MR) is 108 cm³/mol. The first-order chi connectivity index (χ1) is 14.6. The van der Waals surface area contributed by atoms with Crippen molar-refractivity contribution in [3.05, 3.63) is 71.9 Å². The third kappa shape index (κ3) is 2.57. The van der Waals surface area contributed by atoms with Crippen LogP contribution in [0.1, 0.15) is 16.1 Å². The number of nitriles is 1. The summed E-state index contributed by atoms with van der Waals surface area (Å²) in [5.74, 6) is -2.54. The van der Waals surface area contributed by atoms with E-state index < -0.39 is 29.6 Å². The Labute approximate surface area is 170 Å². The number of carbonyl (C=O) groups excluding carboxylic acids is 3. The molecule has 8 heteroatoms. The molecule has 144 valence electrons. The fraction of sp³-hybridized carbons (Fsp3) is 0.0909. The molecule has 0 saturated carbocycles. The zero-order chi connectivity index (χ0) is 20.8. The molecule has 1 fully saturated rings. The molecule has 3 heterocycles. The van der Waals surface area contributed by atoms with Crippen LogP contribution in [0.25, 0.3) is 10.9 Å². The number of rotatable bonds is 3. The van der Waals surface area contributed by atoms with Crippen molar-refractivity contribution < 1.29 is 14.4 Å². The van der Waals surface area contributed by atoms with Gasteiger partial charge < -0.3 is 0 Å². The molecule has 1 aromatic heterocycles. The van der Waals surface area contributed by atoms with Crippen molar-refractivity contribution in [2.75, 3.05) is 4.90 Å². The zero-order valence-corrected chi connectivity index (χ0v) is 15.4. The Hall–Kier alpha value is -4.38. The Bertz CT molecular complexity index is 1310. The summed E-state index contributed by atoms with van der Waals surface area (Å²) in [6, 6.07) is 17.9. The predicted octanol–water partition coefficient (Wildman–Crippen LogP) is 1.81. The van der Waals surface area contributed by atoms with Crippen molar-refractivity contribution >= 4 is 39.9 Å². The van der Waals surface area contributed by atoms with Gasteiger partial charge in [-0.05, 0) is 36.4 Å². The van der Waals surface area contributed by atoms with Crippen molar-refractivity contribution in [3.63, 3.8) is 0 Å². The number of benzene rings is 2. The molecule has 0 unspecified atom stereocenters. The topological polar surface area (TPSA) is 116 Å². The fourth-order valence-corrected chi connectivity index (χ4v) is 3.74. The molecule has 3 aromatic rings. The number of ketones is 1. The summed E-state index contributed by atoms with van der Waals surface area (Å²) in [6.07, 6.45) is 0. The van der Waals surface area contributed by atoms with Gasteiger partial charge in [-0.1, -0.05) is 24.3 Å². The molecule has 30 heavy (non-hydrogen) atoms. The highest BCUT2D eigenvalue weighted by atomic mass is 16.2. The number of fused-ring (bicyclic) bond motifs is 2. The van der Waals surface area contributed by atoms with Crippen LogP contribution in [0.2, 0.25) is 0 Å². The molecule has 0 bridgehead atoms. The number of aromatic nitrogens is 1. The summed E-state index contributed by atoms with van der Waals surface area (Å²) in [5.41, 5.74) is 4.17. The molecular formula is C22H13N5O3. The lowest BCUT2D eigenvalue weighted by Crippen LogP contribution is -2.36. The van der Waals surface area contributed by atoms with Crippen LogP contribution in [-0.2, 0) is 9.59 Å². The molecule has 5 rings (SSSR count). The molecule has 0 radical (unpaired) electrons. The molecule has 2 atom stereocenters. The van der Waals surface area contributed by atoms with Gasteiger partial charge in [0.05, 0.1) is 22.8 Å². The van der Waals surface area contributed by atoms with Crippen molar-refractivity contribution in [2.24, 2.45) is 11.0 Å². The molecule has 1 saturated heterocycles. The minimum absolute atomic E-state index is 0.0303. The fourth-order valence-electron chi connectivity index (χ4n) is 3.74. The van der Waals surface area contributed by atoms with Crippen LogP contribution in [-0.4, -0.2) is 34.3 Å². The summed E-state index contributed by atoms with van der Waals surface area (Å²) in [4.78, 5) is 44.3. The number of hydrogen-bond acceptors (Lipinski definition) is 7. The van der Waals surface area contributed by atoms with Crippen LogP contribution in [0.4, 0.5) is 5.69 Å². The maximum atomic E-state index is 13.1. The van der Waals surface area contributed by atoms with Crippen molar-refractivity contribution in [1.29, 1.82) is 5.26 Å². The SMILES string of the molecule is N#Cc1ccc(N2C(=O)[C@@H]3C(C(=O)c4ccc5ccccc5n4)=NN[C@@H]3C2=O)cc1. The normalized spacial score (nSPS) is 20.0. The summed E-state index contributed by atoms with van der Waals surface area (Å²) in [5, 5.41) is 13.8. The largest absolute Gasteiger partial charge is 0.296 e. The minimum atomic E-state index is -1.02. The Morgan fingerprint density at radius 1 is 1.00 bits per heavy atom.